The first-order chi connectivity index (χ1) is 14.0. The summed E-state index contributed by atoms with van der Waals surface area (Å²) in [6.45, 7) is 1.57. The molecule has 0 bridgehead atoms. The van der Waals surface area contributed by atoms with E-state index >= 15 is 0 Å². The summed E-state index contributed by atoms with van der Waals surface area (Å²) in [5.41, 5.74) is 1.26. The molecule has 0 unspecified atom stereocenters. The van der Waals surface area contributed by atoms with Crippen LogP contribution in [0.1, 0.15) is 48.2 Å². The second-order valence-corrected chi connectivity index (χ2v) is 7.73. The van der Waals surface area contributed by atoms with Crippen molar-refractivity contribution >= 4 is 18.1 Å². The Morgan fingerprint density at radius 1 is 1.34 bits per heavy atom. The molecule has 2 N–H and O–H groups in total. The Hall–Kier alpha value is -2.72. The summed E-state index contributed by atoms with van der Waals surface area (Å²) in [6, 6.07) is 8.32. The highest BCUT2D eigenvalue weighted by Crippen LogP contribution is 2.31. The smallest absolute Gasteiger partial charge is 0.290 e. The molecule has 1 aliphatic carbocycles. The predicted molar refractivity (Wildman–Crippen MR) is 102 cm³/mol. The van der Waals surface area contributed by atoms with Gasteiger partial charge in [0, 0.05) is 29.0 Å². The average molecular weight is 418 g/mol. The van der Waals surface area contributed by atoms with Gasteiger partial charge in [0.05, 0.1) is 12.1 Å². The van der Waals surface area contributed by atoms with Gasteiger partial charge in [0.1, 0.15) is 11.8 Å². The van der Waals surface area contributed by atoms with Crippen molar-refractivity contribution in [1.82, 2.24) is 20.7 Å². The zero-order valence-corrected chi connectivity index (χ0v) is 16.4. The third-order valence-electron chi connectivity index (χ3n) is 4.85. The summed E-state index contributed by atoms with van der Waals surface area (Å²) >= 11 is 0.169. The molecule has 0 saturated heterocycles. The Kier molecular flexibility index (Phi) is 5.63. The van der Waals surface area contributed by atoms with E-state index in [1.54, 1.807) is 37.3 Å². The quantitative estimate of drug-likeness (QED) is 0.599. The lowest BCUT2D eigenvalue weighted by molar-refractivity contribution is 0.0848. The maximum Gasteiger partial charge on any atom is 0.290 e. The lowest BCUT2D eigenvalue weighted by Gasteiger charge is -2.34. The molecule has 2 aromatic heterocycles. The molecule has 0 radical (unpaired) electrons. The minimum absolute atomic E-state index is 0.0427. The molecule has 29 heavy (non-hydrogen) atoms. The van der Waals surface area contributed by atoms with Crippen molar-refractivity contribution in [2.45, 2.75) is 43.2 Å². The van der Waals surface area contributed by atoms with Crippen molar-refractivity contribution in [2.75, 3.05) is 0 Å². The molecule has 8 nitrogen and oxygen atoms in total. The molecular formula is C19H19FN4O4S. The van der Waals surface area contributed by atoms with Gasteiger partial charge in [0.25, 0.3) is 5.91 Å². The van der Waals surface area contributed by atoms with Crippen LogP contribution in [0.3, 0.4) is 0 Å². The number of aromatic nitrogens is 3. The number of aliphatic hydroxyl groups excluding tert-OH is 1. The van der Waals surface area contributed by atoms with E-state index in [9.17, 15) is 13.8 Å². The SMILES string of the molecule is C[C@@H](O)c1nnc(CC2CC(NC(=O)c3cc(-c4ccc(SF)cc4)no3)C2)o1. The molecule has 1 aliphatic rings. The lowest BCUT2D eigenvalue weighted by Crippen LogP contribution is -2.44. The normalized spacial score (nSPS) is 19.6. The van der Waals surface area contributed by atoms with Crippen LogP contribution < -0.4 is 5.32 Å². The monoisotopic (exact) mass is 418 g/mol. The summed E-state index contributed by atoms with van der Waals surface area (Å²) in [4.78, 5) is 12.9. The number of carbonyl (C=O) groups excluding carboxylic acids is 1. The summed E-state index contributed by atoms with van der Waals surface area (Å²) in [7, 11) is 0. The number of benzene rings is 1. The fraction of sp³-hybridized carbons (Fsp3) is 0.368. The van der Waals surface area contributed by atoms with Crippen LogP contribution in [0, 0.1) is 5.92 Å². The first kappa shape index (κ1) is 19.6. The number of nitrogens with one attached hydrogen (secondary N) is 1. The number of hydrogen-bond acceptors (Lipinski definition) is 8. The predicted octanol–water partition coefficient (Wildman–Crippen LogP) is 3.51. The van der Waals surface area contributed by atoms with Crippen molar-refractivity contribution in [1.29, 1.82) is 0 Å². The van der Waals surface area contributed by atoms with Crippen molar-refractivity contribution in [3.63, 3.8) is 0 Å². The maximum atomic E-state index is 12.5. The first-order valence-electron chi connectivity index (χ1n) is 9.18. The molecule has 0 aliphatic heterocycles. The molecule has 152 valence electrons. The molecule has 1 saturated carbocycles. The standard InChI is InChI=1S/C19H19FN4O4S/c1-10(25)19-23-22-17(27-19)8-11-6-13(7-11)21-18(26)16-9-15(24-28-16)12-2-4-14(29-20)5-3-12/h2-5,9-11,13,25H,6-8H2,1H3,(H,21,26)/t10-,11?,13?/m1/s1. The van der Waals surface area contributed by atoms with Crippen LogP contribution >= 0.6 is 12.1 Å². The molecule has 3 aromatic rings. The minimum Gasteiger partial charge on any atom is -0.422 e. The highest BCUT2D eigenvalue weighted by Gasteiger charge is 2.32. The second kappa shape index (κ2) is 8.34. The third-order valence-corrected chi connectivity index (χ3v) is 5.30. The number of halogens is 1. The summed E-state index contributed by atoms with van der Waals surface area (Å²) in [5, 5.41) is 24.0. The van der Waals surface area contributed by atoms with Crippen molar-refractivity contribution in [2.24, 2.45) is 5.92 Å². The molecule has 0 spiro atoms. The first-order valence-corrected chi connectivity index (χ1v) is 9.90. The Bertz CT molecular complexity index is 982. The van der Waals surface area contributed by atoms with Gasteiger partial charge >= 0.3 is 0 Å². The molecule has 2 heterocycles. The number of hydrogen-bond donors (Lipinski definition) is 2. The van der Waals surface area contributed by atoms with E-state index in [0.717, 1.165) is 18.4 Å². The third kappa shape index (κ3) is 4.48. The van der Waals surface area contributed by atoms with Crippen LogP contribution in [-0.2, 0) is 6.42 Å². The zero-order valence-electron chi connectivity index (χ0n) is 15.5. The van der Waals surface area contributed by atoms with Gasteiger partial charge in [-0.1, -0.05) is 17.3 Å². The Balaban J connectivity index is 1.27. The largest absolute Gasteiger partial charge is 0.422 e. The van der Waals surface area contributed by atoms with Gasteiger partial charge in [0.2, 0.25) is 17.5 Å². The molecule has 1 fully saturated rings. The number of rotatable bonds is 7. The Morgan fingerprint density at radius 3 is 2.76 bits per heavy atom. The van der Waals surface area contributed by atoms with E-state index in [2.05, 4.69) is 20.7 Å². The van der Waals surface area contributed by atoms with E-state index in [4.69, 9.17) is 8.94 Å². The van der Waals surface area contributed by atoms with Gasteiger partial charge in [-0.3, -0.25) is 4.79 Å². The molecule has 4 rings (SSSR count). The van der Waals surface area contributed by atoms with Crippen LogP contribution in [0.4, 0.5) is 3.89 Å². The fourth-order valence-corrected chi connectivity index (χ4v) is 3.48. The zero-order chi connectivity index (χ0) is 20.4. The summed E-state index contributed by atoms with van der Waals surface area (Å²) in [5.74, 6) is 0.846. The molecule has 10 heteroatoms. The van der Waals surface area contributed by atoms with Crippen molar-refractivity contribution in [3.8, 4) is 11.3 Å². The van der Waals surface area contributed by atoms with E-state index in [1.807, 2.05) is 0 Å². The molecular weight excluding hydrogens is 399 g/mol. The van der Waals surface area contributed by atoms with Gasteiger partial charge in [-0.05, 0) is 37.8 Å². The topological polar surface area (TPSA) is 114 Å². The van der Waals surface area contributed by atoms with Crippen molar-refractivity contribution < 1.29 is 22.7 Å². The van der Waals surface area contributed by atoms with Crippen LogP contribution in [0.15, 0.2) is 44.2 Å². The maximum absolute atomic E-state index is 12.5. The number of carbonyl (C=O) groups is 1. The molecule has 1 amide bonds. The Morgan fingerprint density at radius 2 is 2.10 bits per heavy atom. The summed E-state index contributed by atoms with van der Waals surface area (Å²) < 4.78 is 23.1. The van der Waals surface area contributed by atoms with Gasteiger partial charge in [-0.15, -0.1) is 10.2 Å². The van der Waals surface area contributed by atoms with Crippen LogP contribution in [0.25, 0.3) is 11.3 Å². The molecule has 1 aromatic carbocycles. The molecule has 1 atom stereocenters. The highest BCUT2D eigenvalue weighted by atomic mass is 32.2. The fourth-order valence-electron chi connectivity index (χ4n) is 3.24. The van der Waals surface area contributed by atoms with E-state index in [0.29, 0.717) is 28.8 Å². The number of amides is 1. The van der Waals surface area contributed by atoms with E-state index < -0.39 is 6.10 Å². The van der Waals surface area contributed by atoms with Gasteiger partial charge in [-0.25, -0.2) is 0 Å². The Labute approximate surface area is 170 Å². The summed E-state index contributed by atoms with van der Waals surface area (Å²) in [6.07, 6.45) is 1.42. The van der Waals surface area contributed by atoms with Gasteiger partial charge < -0.3 is 19.4 Å². The van der Waals surface area contributed by atoms with Gasteiger partial charge in [-0.2, -0.15) is 3.89 Å². The van der Waals surface area contributed by atoms with Crippen LogP contribution in [-0.4, -0.2) is 32.4 Å². The van der Waals surface area contributed by atoms with Crippen molar-refractivity contribution in [3.05, 3.63) is 47.9 Å². The van der Waals surface area contributed by atoms with Crippen LogP contribution in [0.2, 0.25) is 0 Å². The van der Waals surface area contributed by atoms with E-state index in [1.165, 1.54) is 0 Å². The lowest BCUT2D eigenvalue weighted by atomic mass is 9.78. The van der Waals surface area contributed by atoms with Crippen LogP contribution in [0.5, 0.6) is 0 Å². The number of nitrogens with zero attached hydrogens (tertiary/aromatic N) is 3. The van der Waals surface area contributed by atoms with E-state index in [-0.39, 0.29) is 35.7 Å². The highest BCUT2D eigenvalue weighted by molar-refractivity contribution is 7.94. The van der Waals surface area contributed by atoms with Gasteiger partial charge in [0.15, 0.2) is 0 Å². The minimum atomic E-state index is -0.781. The average Bonchev–Trinajstić information content (AvgIpc) is 3.36. The second-order valence-electron chi connectivity index (χ2n) is 7.10. The number of aliphatic hydroxyl groups is 1.